The van der Waals surface area contributed by atoms with E-state index < -0.39 is 0 Å². The molecule has 0 amide bonds. The molecule has 0 aromatic rings. The number of rotatable bonds is 0. The molecule has 0 radical (unpaired) electrons. The van der Waals surface area contributed by atoms with Crippen molar-refractivity contribution in [2.45, 2.75) is 34.7 Å². The molecular weight excluding hydrogens is 253 g/mol. The van der Waals surface area contributed by atoms with Crippen molar-refractivity contribution in [1.29, 1.82) is 5.26 Å². The van der Waals surface area contributed by atoms with Gasteiger partial charge in [0.15, 0.2) is 0 Å². The van der Waals surface area contributed by atoms with E-state index >= 15 is 0 Å². The van der Waals surface area contributed by atoms with Gasteiger partial charge in [-0.2, -0.15) is 5.26 Å². The first-order valence-corrected chi connectivity index (χ1v) is 5.00. The number of alkyl halides is 1. The molecule has 1 aliphatic heterocycles. The standard InChI is InChI=1S/C8H10INO/c9-7(5-10)1-3-8(4-2-7)6-11-8/h1-4,6H2/t7-,8-. The Labute approximate surface area is 80.1 Å². The maximum absolute atomic E-state index is 8.84. The monoisotopic (exact) mass is 263 g/mol. The zero-order chi connectivity index (χ0) is 7.95. The van der Waals surface area contributed by atoms with Crippen LogP contribution in [0.1, 0.15) is 25.7 Å². The molecule has 1 aliphatic carbocycles. The third-order valence-corrected chi connectivity index (χ3v) is 4.03. The first-order chi connectivity index (χ1) is 5.18. The number of nitriles is 1. The van der Waals surface area contributed by atoms with Crippen LogP contribution >= 0.6 is 22.6 Å². The Morgan fingerprint density at radius 3 is 2.18 bits per heavy atom. The quantitative estimate of drug-likeness (QED) is 0.381. The molecule has 11 heavy (non-hydrogen) atoms. The molecule has 1 spiro atoms. The van der Waals surface area contributed by atoms with Gasteiger partial charge in [-0.3, -0.25) is 0 Å². The predicted molar refractivity (Wildman–Crippen MR) is 49.5 cm³/mol. The van der Waals surface area contributed by atoms with Crippen LogP contribution in [0.5, 0.6) is 0 Å². The van der Waals surface area contributed by atoms with E-state index in [2.05, 4.69) is 28.7 Å². The molecule has 0 atom stereocenters. The summed E-state index contributed by atoms with van der Waals surface area (Å²) in [6, 6.07) is 2.38. The Hall–Kier alpha value is 0.180. The molecule has 2 rings (SSSR count). The van der Waals surface area contributed by atoms with Gasteiger partial charge in [0.05, 0.1) is 18.3 Å². The summed E-state index contributed by atoms with van der Waals surface area (Å²) in [5, 5.41) is 8.84. The second kappa shape index (κ2) is 2.33. The van der Waals surface area contributed by atoms with E-state index in [1.165, 1.54) is 0 Å². The van der Waals surface area contributed by atoms with Crippen molar-refractivity contribution in [2.75, 3.05) is 6.61 Å². The maximum Gasteiger partial charge on any atom is 0.109 e. The highest BCUT2D eigenvalue weighted by Crippen LogP contribution is 2.47. The van der Waals surface area contributed by atoms with Crippen molar-refractivity contribution in [3.8, 4) is 6.07 Å². The fraction of sp³-hybridized carbons (Fsp3) is 0.875. The van der Waals surface area contributed by atoms with Gasteiger partial charge in [-0.1, -0.05) is 22.6 Å². The number of hydrogen-bond donors (Lipinski definition) is 0. The van der Waals surface area contributed by atoms with Crippen LogP contribution in [0.2, 0.25) is 0 Å². The lowest BCUT2D eigenvalue weighted by Gasteiger charge is -2.28. The van der Waals surface area contributed by atoms with E-state index in [-0.39, 0.29) is 9.02 Å². The number of nitrogens with zero attached hydrogens (tertiary/aromatic N) is 1. The third-order valence-electron chi connectivity index (χ3n) is 2.71. The van der Waals surface area contributed by atoms with Crippen LogP contribution in [0.25, 0.3) is 0 Å². The lowest BCUT2D eigenvalue weighted by atomic mass is 9.83. The van der Waals surface area contributed by atoms with E-state index in [0.717, 1.165) is 32.3 Å². The smallest absolute Gasteiger partial charge is 0.109 e. The Kier molecular flexibility index (Phi) is 1.66. The van der Waals surface area contributed by atoms with Crippen LogP contribution in [-0.2, 0) is 4.74 Å². The van der Waals surface area contributed by atoms with Crippen LogP contribution in [0, 0.1) is 11.3 Å². The summed E-state index contributed by atoms with van der Waals surface area (Å²) in [4.78, 5) is 0. The summed E-state index contributed by atoms with van der Waals surface area (Å²) < 4.78 is 5.27. The second-order valence-corrected chi connectivity index (χ2v) is 5.61. The van der Waals surface area contributed by atoms with Crippen molar-refractivity contribution in [3.63, 3.8) is 0 Å². The predicted octanol–water partition coefficient (Wildman–Crippen LogP) is 2.03. The van der Waals surface area contributed by atoms with Gasteiger partial charge >= 0.3 is 0 Å². The molecule has 0 bridgehead atoms. The number of ether oxygens (including phenoxy) is 1. The summed E-state index contributed by atoms with van der Waals surface area (Å²) in [6.45, 7) is 0.936. The molecule has 1 saturated carbocycles. The minimum atomic E-state index is -0.0883. The fourth-order valence-corrected chi connectivity index (χ4v) is 2.14. The van der Waals surface area contributed by atoms with Crippen molar-refractivity contribution in [2.24, 2.45) is 0 Å². The average molecular weight is 263 g/mol. The fourth-order valence-electron chi connectivity index (χ4n) is 1.60. The Bertz CT molecular complexity index is 207. The topological polar surface area (TPSA) is 36.3 Å². The van der Waals surface area contributed by atoms with E-state index in [0.29, 0.717) is 0 Å². The first kappa shape index (κ1) is 7.81. The molecule has 0 aromatic carbocycles. The van der Waals surface area contributed by atoms with E-state index in [4.69, 9.17) is 10.00 Å². The van der Waals surface area contributed by atoms with Gasteiger partial charge in [-0.15, -0.1) is 0 Å². The van der Waals surface area contributed by atoms with Gasteiger partial charge in [0.1, 0.15) is 3.42 Å². The Balaban J connectivity index is 2.00. The molecule has 3 heteroatoms. The molecule has 60 valence electrons. The minimum Gasteiger partial charge on any atom is -0.370 e. The highest BCUT2D eigenvalue weighted by Gasteiger charge is 2.50. The van der Waals surface area contributed by atoms with Crippen molar-refractivity contribution in [3.05, 3.63) is 0 Å². The van der Waals surface area contributed by atoms with Gasteiger partial charge in [0.25, 0.3) is 0 Å². The molecular formula is C8H10INO. The summed E-state index contributed by atoms with van der Waals surface area (Å²) >= 11 is 2.28. The van der Waals surface area contributed by atoms with Crippen LogP contribution in [0.3, 0.4) is 0 Å². The first-order valence-electron chi connectivity index (χ1n) is 3.92. The molecule has 0 N–H and O–H groups in total. The van der Waals surface area contributed by atoms with Gasteiger partial charge in [-0.05, 0) is 25.7 Å². The summed E-state index contributed by atoms with van der Waals surface area (Å²) in [5.41, 5.74) is 0.228. The van der Waals surface area contributed by atoms with E-state index in [1.807, 2.05) is 0 Å². The zero-order valence-electron chi connectivity index (χ0n) is 6.27. The largest absolute Gasteiger partial charge is 0.370 e. The van der Waals surface area contributed by atoms with Gasteiger partial charge in [0, 0.05) is 0 Å². The molecule has 2 aliphatic rings. The zero-order valence-corrected chi connectivity index (χ0v) is 8.43. The summed E-state index contributed by atoms with van der Waals surface area (Å²) in [7, 11) is 0. The molecule has 1 saturated heterocycles. The number of halogens is 1. The normalized spacial score (nSPS) is 48.7. The lowest BCUT2D eigenvalue weighted by molar-refractivity contribution is 0.231. The maximum atomic E-state index is 8.84. The molecule has 2 nitrogen and oxygen atoms in total. The Morgan fingerprint density at radius 2 is 1.82 bits per heavy atom. The van der Waals surface area contributed by atoms with Crippen molar-refractivity contribution in [1.82, 2.24) is 0 Å². The van der Waals surface area contributed by atoms with Crippen LogP contribution < -0.4 is 0 Å². The van der Waals surface area contributed by atoms with E-state index in [1.54, 1.807) is 0 Å². The van der Waals surface area contributed by atoms with E-state index in [9.17, 15) is 0 Å². The van der Waals surface area contributed by atoms with Gasteiger partial charge < -0.3 is 4.74 Å². The Morgan fingerprint density at radius 1 is 1.27 bits per heavy atom. The molecule has 1 heterocycles. The van der Waals surface area contributed by atoms with Crippen LogP contribution in [-0.4, -0.2) is 15.6 Å². The molecule has 2 fully saturated rings. The van der Waals surface area contributed by atoms with Crippen molar-refractivity contribution < 1.29 is 4.74 Å². The average Bonchev–Trinajstić information content (AvgIpc) is 2.78. The SMILES string of the molecule is N#C[C@]1(I)CC[C@]2(CC1)CO2. The van der Waals surface area contributed by atoms with Crippen LogP contribution in [0.15, 0.2) is 0 Å². The summed E-state index contributed by atoms with van der Waals surface area (Å²) in [5.74, 6) is 0. The highest BCUT2D eigenvalue weighted by molar-refractivity contribution is 14.1. The lowest BCUT2D eigenvalue weighted by Crippen LogP contribution is -2.30. The minimum absolute atomic E-state index is 0.0883. The molecule has 0 unspecified atom stereocenters. The number of hydrogen-bond acceptors (Lipinski definition) is 2. The molecule has 0 aromatic heterocycles. The van der Waals surface area contributed by atoms with Gasteiger partial charge in [0.2, 0.25) is 0 Å². The second-order valence-electron chi connectivity index (χ2n) is 3.55. The van der Waals surface area contributed by atoms with Crippen molar-refractivity contribution >= 4 is 22.6 Å². The van der Waals surface area contributed by atoms with Crippen LogP contribution in [0.4, 0.5) is 0 Å². The summed E-state index contributed by atoms with van der Waals surface area (Å²) in [6.07, 6.45) is 4.18. The van der Waals surface area contributed by atoms with Gasteiger partial charge in [-0.25, -0.2) is 0 Å². The third kappa shape index (κ3) is 1.38. The highest BCUT2D eigenvalue weighted by atomic mass is 127. The number of epoxide rings is 1.